The summed E-state index contributed by atoms with van der Waals surface area (Å²) >= 11 is 0. The fraction of sp³-hybridized carbons (Fsp3) is 0.455. The standard InChI is InChI=1S/C11H12N4O4/c16-14-7-12-10-8(14)1-2-9(15(17)18)11(10)13-3-5-19-6-4-13/h1-2H,3-7H2. The van der Waals surface area contributed by atoms with E-state index in [0.29, 0.717) is 42.7 Å². The molecule has 0 N–H and O–H groups in total. The molecule has 0 bridgehead atoms. The Morgan fingerprint density at radius 3 is 2.79 bits per heavy atom. The monoisotopic (exact) mass is 264 g/mol. The highest BCUT2D eigenvalue weighted by atomic mass is 16.6. The first kappa shape index (κ1) is 11.8. The van der Waals surface area contributed by atoms with Crippen molar-refractivity contribution in [2.45, 2.75) is 0 Å². The summed E-state index contributed by atoms with van der Waals surface area (Å²) in [6, 6.07) is 2.83. The molecular weight excluding hydrogens is 252 g/mol. The van der Waals surface area contributed by atoms with E-state index < -0.39 is 4.92 Å². The van der Waals surface area contributed by atoms with Gasteiger partial charge < -0.3 is 14.8 Å². The van der Waals surface area contributed by atoms with Gasteiger partial charge in [-0.2, -0.15) is 4.74 Å². The topological polar surface area (TPSA) is 94.0 Å². The maximum Gasteiger partial charge on any atom is 0.295 e. The van der Waals surface area contributed by atoms with E-state index in [0.717, 1.165) is 4.74 Å². The molecule has 0 saturated carbocycles. The molecule has 3 rings (SSSR count). The number of rotatable bonds is 2. The minimum atomic E-state index is -0.436. The first-order valence-electron chi connectivity index (χ1n) is 5.95. The Labute approximate surface area is 108 Å². The summed E-state index contributed by atoms with van der Waals surface area (Å²) in [7, 11) is 0. The average molecular weight is 264 g/mol. The second kappa shape index (κ2) is 4.47. The van der Waals surface area contributed by atoms with Crippen LogP contribution in [0.4, 0.5) is 11.4 Å². The van der Waals surface area contributed by atoms with Crippen molar-refractivity contribution in [1.29, 1.82) is 0 Å². The number of ether oxygens (including phenoxy) is 1. The molecule has 100 valence electrons. The number of fused-ring (bicyclic) bond motifs is 1. The Bertz CT molecular complexity index is 651. The highest BCUT2D eigenvalue weighted by molar-refractivity contribution is 5.63. The summed E-state index contributed by atoms with van der Waals surface area (Å²) in [4.78, 5) is 16.7. The molecule has 0 spiro atoms. The molecule has 0 unspecified atom stereocenters. The fourth-order valence-corrected chi connectivity index (χ4v) is 2.37. The van der Waals surface area contributed by atoms with E-state index in [9.17, 15) is 15.3 Å². The molecule has 2 aliphatic heterocycles. The lowest BCUT2D eigenvalue weighted by Crippen LogP contribution is -2.43. The molecule has 2 aliphatic rings. The van der Waals surface area contributed by atoms with Gasteiger partial charge in [-0.05, 0) is 0 Å². The lowest BCUT2D eigenvalue weighted by molar-refractivity contribution is -0.384. The number of nitro groups is 1. The number of benzene rings is 1. The lowest BCUT2D eigenvalue weighted by atomic mass is 10.2. The Kier molecular flexibility index (Phi) is 2.79. The van der Waals surface area contributed by atoms with Crippen molar-refractivity contribution in [3.63, 3.8) is 0 Å². The molecule has 8 nitrogen and oxygen atoms in total. The van der Waals surface area contributed by atoms with Crippen molar-refractivity contribution >= 4 is 11.4 Å². The van der Waals surface area contributed by atoms with Gasteiger partial charge >= 0.3 is 0 Å². The Morgan fingerprint density at radius 1 is 1.37 bits per heavy atom. The molecule has 0 aromatic heterocycles. The summed E-state index contributed by atoms with van der Waals surface area (Å²) < 4.78 is 5.99. The van der Waals surface area contributed by atoms with E-state index in [1.54, 1.807) is 0 Å². The zero-order chi connectivity index (χ0) is 13.4. The van der Waals surface area contributed by atoms with E-state index in [1.807, 2.05) is 4.90 Å². The van der Waals surface area contributed by atoms with Crippen LogP contribution >= 0.6 is 0 Å². The highest BCUT2D eigenvalue weighted by Gasteiger charge is 2.27. The van der Waals surface area contributed by atoms with Crippen LogP contribution in [0.15, 0.2) is 17.1 Å². The van der Waals surface area contributed by atoms with Gasteiger partial charge in [-0.15, -0.1) is 0 Å². The first-order valence-corrected chi connectivity index (χ1v) is 5.95. The van der Waals surface area contributed by atoms with Gasteiger partial charge in [0.15, 0.2) is 5.36 Å². The van der Waals surface area contributed by atoms with Gasteiger partial charge in [0.05, 0.1) is 18.1 Å². The molecular formula is C11H12N4O4. The Morgan fingerprint density at radius 2 is 2.11 bits per heavy atom. The van der Waals surface area contributed by atoms with Crippen LogP contribution in [-0.4, -0.2) is 37.9 Å². The Hall–Kier alpha value is -2.22. The third kappa shape index (κ3) is 1.89. The van der Waals surface area contributed by atoms with E-state index in [-0.39, 0.29) is 12.4 Å². The van der Waals surface area contributed by atoms with E-state index in [4.69, 9.17) is 4.74 Å². The number of morpholine rings is 1. The van der Waals surface area contributed by atoms with Crippen molar-refractivity contribution in [3.8, 4) is 0 Å². The predicted octanol–water partition coefficient (Wildman–Crippen LogP) is -0.989. The summed E-state index contributed by atoms with van der Waals surface area (Å²) in [5.74, 6) is 0. The number of anilines is 1. The van der Waals surface area contributed by atoms with Gasteiger partial charge in [-0.25, -0.2) is 4.99 Å². The quantitative estimate of drug-likeness (QED) is 0.296. The van der Waals surface area contributed by atoms with Crippen LogP contribution in [0.1, 0.15) is 0 Å². The van der Waals surface area contributed by atoms with Gasteiger partial charge in [-0.3, -0.25) is 10.1 Å². The summed E-state index contributed by atoms with van der Waals surface area (Å²) in [6.45, 7) is 2.15. The minimum absolute atomic E-state index is 0.00611. The van der Waals surface area contributed by atoms with Crippen molar-refractivity contribution in [2.75, 3.05) is 37.9 Å². The molecule has 1 aromatic carbocycles. The van der Waals surface area contributed by atoms with Crippen molar-refractivity contribution in [2.24, 2.45) is 4.99 Å². The molecule has 8 heteroatoms. The van der Waals surface area contributed by atoms with Crippen LogP contribution in [0.2, 0.25) is 0 Å². The molecule has 1 aromatic rings. The number of hydrogen-bond acceptors (Lipinski definition) is 6. The molecule has 0 radical (unpaired) electrons. The minimum Gasteiger partial charge on any atom is -0.622 e. The normalized spacial score (nSPS) is 18.1. The maximum absolute atomic E-state index is 11.6. The van der Waals surface area contributed by atoms with E-state index in [1.165, 1.54) is 12.1 Å². The summed E-state index contributed by atoms with van der Waals surface area (Å²) in [6.07, 6.45) is 0. The van der Waals surface area contributed by atoms with Gasteiger partial charge in [0.1, 0.15) is 5.69 Å². The van der Waals surface area contributed by atoms with Gasteiger partial charge in [0, 0.05) is 25.2 Å². The lowest BCUT2D eigenvalue weighted by Gasteiger charge is -2.27. The third-order valence-electron chi connectivity index (χ3n) is 3.26. The number of nitro benzene ring substituents is 1. The van der Waals surface area contributed by atoms with Crippen molar-refractivity contribution in [1.82, 2.24) is 4.74 Å². The Balaban J connectivity index is 2.23. The van der Waals surface area contributed by atoms with Crippen LogP contribution in [0.3, 0.4) is 0 Å². The van der Waals surface area contributed by atoms with Crippen LogP contribution in [0.5, 0.6) is 0 Å². The van der Waals surface area contributed by atoms with Crippen molar-refractivity contribution < 1.29 is 9.66 Å². The average Bonchev–Trinajstić information content (AvgIpc) is 2.80. The zero-order valence-electron chi connectivity index (χ0n) is 10.1. The molecule has 1 fully saturated rings. The van der Waals surface area contributed by atoms with Gasteiger partial charge in [0.2, 0.25) is 12.0 Å². The largest absolute Gasteiger partial charge is 0.622 e. The smallest absolute Gasteiger partial charge is 0.295 e. The van der Waals surface area contributed by atoms with Gasteiger partial charge in [0.25, 0.3) is 5.69 Å². The second-order valence-corrected chi connectivity index (χ2v) is 4.34. The van der Waals surface area contributed by atoms with Crippen LogP contribution < -0.4 is 20.4 Å². The SMILES string of the molecule is O=[N+]([O-])c1ccc2c(c1N1CCOCC1)=NC[N+]=2[O-]. The molecule has 0 atom stereocenters. The maximum atomic E-state index is 11.6. The zero-order valence-corrected chi connectivity index (χ0v) is 10.1. The van der Waals surface area contributed by atoms with E-state index in [2.05, 4.69) is 4.99 Å². The molecule has 2 heterocycles. The number of hydrogen-bond donors (Lipinski definition) is 0. The fourth-order valence-electron chi connectivity index (χ4n) is 2.37. The van der Waals surface area contributed by atoms with Gasteiger partial charge in [-0.1, -0.05) is 0 Å². The predicted molar refractivity (Wildman–Crippen MR) is 66.4 cm³/mol. The first-order chi connectivity index (χ1) is 9.18. The number of hydroxylamine groups is 1. The molecule has 0 amide bonds. The molecule has 19 heavy (non-hydrogen) atoms. The van der Waals surface area contributed by atoms with E-state index >= 15 is 0 Å². The third-order valence-corrected chi connectivity index (χ3v) is 3.26. The van der Waals surface area contributed by atoms with Crippen molar-refractivity contribution in [3.05, 3.63) is 38.2 Å². The van der Waals surface area contributed by atoms with Crippen LogP contribution in [0.25, 0.3) is 0 Å². The van der Waals surface area contributed by atoms with Crippen LogP contribution in [0, 0.1) is 15.3 Å². The second-order valence-electron chi connectivity index (χ2n) is 4.34. The summed E-state index contributed by atoms with van der Waals surface area (Å²) in [5, 5.41) is 23.6. The molecule has 1 saturated heterocycles. The van der Waals surface area contributed by atoms with Crippen LogP contribution in [-0.2, 0) is 4.74 Å². The highest BCUT2D eigenvalue weighted by Crippen LogP contribution is 2.23. The molecule has 0 aliphatic carbocycles. The summed E-state index contributed by atoms with van der Waals surface area (Å²) in [5.41, 5.74) is 0.420. The number of nitrogens with zero attached hydrogens (tertiary/aromatic N) is 4.